The third-order valence-electron chi connectivity index (χ3n) is 3.72. The normalized spacial score (nSPS) is 15.8. The average Bonchev–Trinajstić information content (AvgIpc) is 2.44. The van der Waals surface area contributed by atoms with Crippen molar-refractivity contribution in [1.82, 2.24) is 14.9 Å². The number of nitrogens with zero attached hydrogens (tertiary/aromatic N) is 3. The van der Waals surface area contributed by atoms with E-state index >= 15 is 0 Å². The lowest BCUT2D eigenvalue weighted by molar-refractivity contribution is -0.138. The fourth-order valence-electron chi connectivity index (χ4n) is 2.61. The average molecular weight is 323 g/mol. The summed E-state index contributed by atoms with van der Waals surface area (Å²) in [5.74, 6) is -0.169. The number of carboxylic acids is 1. The Kier molecular flexibility index (Phi) is 5.76. The predicted molar refractivity (Wildman–Crippen MR) is 83.8 cm³/mol. The summed E-state index contributed by atoms with van der Waals surface area (Å²) in [6, 6.07) is 1.90. The molecule has 2 heterocycles. The number of carbonyl (C=O) groups excluding carboxylic acids is 1. The topological polar surface area (TPSA) is 83.4 Å². The van der Waals surface area contributed by atoms with Crippen LogP contribution in [0.3, 0.4) is 0 Å². The minimum absolute atomic E-state index is 0.0709. The van der Waals surface area contributed by atoms with Gasteiger partial charge in [0.15, 0.2) is 5.16 Å². The first-order chi connectivity index (χ1) is 10.4. The maximum absolute atomic E-state index is 12.2. The molecule has 1 fully saturated rings. The maximum Gasteiger partial charge on any atom is 0.303 e. The Morgan fingerprint density at radius 1 is 1.27 bits per heavy atom. The predicted octanol–water partition coefficient (Wildman–Crippen LogP) is 1.90. The zero-order valence-corrected chi connectivity index (χ0v) is 13.7. The number of aliphatic carboxylic acids is 1. The zero-order chi connectivity index (χ0) is 16.1. The number of hydrogen-bond donors (Lipinski definition) is 1. The summed E-state index contributed by atoms with van der Waals surface area (Å²) in [6.07, 6.45) is 1.73. The van der Waals surface area contributed by atoms with Gasteiger partial charge in [-0.15, -0.1) is 0 Å². The molecule has 1 saturated heterocycles. The smallest absolute Gasteiger partial charge is 0.303 e. The highest BCUT2D eigenvalue weighted by Gasteiger charge is 2.24. The van der Waals surface area contributed by atoms with Crippen LogP contribution in [-0.4, -0.2) is 50.7 Å². The summed E-state index contributed by atoms with van der Waals surface area (Å²) >= 11 is 1.35. The van der Waals surface area contributed by atoms with Crippen LogP contribution in [0.25, 0.3) is 0 Å². The minimum atomic E-state index is -0.757. The number of aryl methyl sites for hydroxylation is 2. The molecule has 0 spiro atoms. The molecule has 2 rings (SSSR count). The number of rotatable bonds is 5. The van der Waals surface area contributed by atoms with E-state index in [0.29, 0.717) is 24.0 Å². The van der Waals surface area contributed by atoms with Crippen LogP contribution in [0.5, 0.6) is 0 Å². The Labute approximate surface area is 134 Å². The number of hydrogen-bond acceptors (Lipinski definition) is 5. The van der Waals surface area contributed by atoms with Gasteiger partial charge in [0, 0.05) is 30.9 Å². The van der Waals surface area contributed by atoms with E-state index in [4.69, 9.17) is 5.11 Å². The summed E-state index contributed by atoms with van der Waals surface area (Å²) in [7, 11) is 0. The largest absolute Gasteiger partial charge is 0.481 e. The van der Waals surface area contributed by atoms with Crippen molar-refractivity contribution in [3.05, 3.63) is 17.5 Å². The monoisotopic (exact) mass is 323 g/mol. The standard InChI is InChI=1S/C15H21N3O3S/c1-10-7-11(2)17-15(16-10)22-9-13(19)18-5-3-12(4-6-18)8-14(20)21/h7,12H,3-6,8-9H2,1-2H3,(H,20,21). The van der Waals surface area contributed by atoms with Crippen molar-refractivity contribution in [2.45, 2.75) is 38.3 Å². The van der Waals surface area contributed by atoms with Gasteiger partial charge in [-0.1, -0.05) is 11.8 Å². The first-order valence-corrected chi connectivity index (χ1v) is 8.37. The zero-order valence-electron chi connectivity index (χ0n) is 12.9. The molecule has 0 aromatic carbocycles. The van der Waals surface area contributed by atoms with Crippen LogP contribution in [0.15, 0.2) is 11.2 Å². The molecule has 1 aliphatic rings. The second kappa shape index (κ2) is 7.58. The van der Waals surface area contributed by atoms with Crippen LogP contribution >= 0.6 is 11.8 Å². The molecule has 0 aliphatic carbocycles. The molecule has 6 nitrogen and oxygen atoms in total. The van der Waals surface area contributed by atoms with Gasteiger partial charge in [0.2, 0.25) is 5.91 Å². The van der Waals surface area contributed by atoms with E-state index in [9.17, 15) is 9.59 Å². The molecule has 0 saturated carbocycles. The molecule has 1 amide bonds. The lowest BCUT2D eigenvalue weighted by atomic mass is 9.94. The highest BCUT2D eigenvalue weighted by molar-refractivity contribution is 7.99. The van der Waals surface area contributed by atoms with Gasteiger partial charge in [0.05, 0.1) is 5.75 Å². The molecule has 0 atom stereocenters. The molecule has 120 valence electrons. The Hall–Kier alpha value is -1.63. The quantitative estimate of drug-likeness (QED) is 0.658. The maximum atomic E-state index is 12.2. The molecular formula is C15H21N3O3S. The number of amides is 1. The number of likely N-dealkylation sites (tertiary alicyclic amines) is 1. The molecule has 0 bridgehead atoms. The van der Waals surface area contributed by atoms with Crippen molar-refractivity contribution in [2.24, 2.45) is 5.92 Å². The van der Waals surface area contributed by atoms with Crippen LogP contribution in [0, 0.1) is 19.8 Å². The van der Waals surface area contributed by atoms with Gasteiger partial charge in [-0.25, -0.2) is 9.97 Å². The molecular weight excluding hydrogens is 302 g/mol. The van der Waals surface area contributed by atoms with Gasteiger partial charge in [0.1, 0.15) is 0 Å². The van der Waals surface area contributed by atoms with Gasteiger partial charge in [-0.3, -0.25) is 9.59 Å². The molecule has 7 heteroatoms. The lowest BCUT2D eigenvalue weighted by Crippen LogP contribution is -2.39. The fourth-order valence-corrected chi connectivity index (χ4v) is 3.46. The highest BCUT2D eigenvalue weighted by Crippen LogP contribution is 2.22. The van der Waals surface area contributed by atoms with E-state index in [2.05, 4.69) is 9.97 Å². The highest BCUT2D eigenvalue weighted by atomic mass is 32.2. The van der Waals surface area contributed by atoms with Crippen LogP contribution in [0.1, 0.15) is 30.7 Å². The van der Waals surface area contributed by atoms with E-state index in [1.807, 2.05) is 24.8 Å². The molecule has 0 unspecified atom stereocenters. The van der Waals surface area contributed by atoms with Gasteiger partial charge >= 0.3 is 5.97 Å². The van der Waals surface area contributed by atoms with E-state index in [1.54, 1.807) is 0 Å². The van der Waals surface area contributed by atoms with Gasteiger partial charge < -0.3 is 10.0 Å². The first-order valence-electron chi connectivity index (χ1n) is 7.38. The van der Waals surface area contributed by atoms with Crippen molar-refractivity contribution in [3.63, 3.8) is 0 Å². The third-order valence-corrected chi connectivity index (χ3v) is 4.55. The van der Waals surface area contributed by atoms with Crippen molar-refractivity contribution < 1.29 is 14.7 Å². The minimum Gasteiger partial charge on any atom is -0.481 e. The number of aromatic nitrogens is 2. The van der Waals surface area contributed by atoms with E-state index in [0.717, 1.165) is 24.2 Å². The molecule has 1 aromatic rings. The molecule has 0 radical (unpaired) electrons. The van der Waals surface area contributed by atoms with E-state index in [1.165, 1.54) is 11.8 Å². The number of piperidine rings is 1. The Morgan fingerprint density at radius 3 is 2.41 bits per heavy atom. The lowest BCUT2D eigenvalue weighted by Gasteiger charge is -2.31. The first kappa shape index (κ1) is 16.7. The van der Waals surface area contributed by atoms with Gasteiger partial charge in [-0.05, 0) is 38.7 Å². The Morgan fingerprint density at radius 2 is 1.86 bits per heavy atom. The summed E-state index contributed by atoms with van der Waals surface area (Å²) in [5, 5.41) is 9.43. The Bertz CT molecular complexity index is 537. The molecule has 1 N–H and O–H groups in total. The molecule has 22 heavy (non-hydrogen) atoms. The number of carboxylic acid groups (broad SMARTS) is 1. The van der Waals surface area contributed by atoms with Crippen molar-refractivity contribution in [3.8, 4) is 0 Å². The summed E-state index contributed by atoms with van der Waals surface area (Å²) in [5.41, 5.74) is 1.80. The van der Waals surface area contributed by atoms with E-state index in [-0.39, 0.29) is 18.2 Å². The summed E-state index contributed by atoms with van der Waals surface area (Å²) in [6.45, 7) is 5.11. The van der Waals surface area contributed by atoms with Crippen LogP contribution < -0.4 is 0 Å². The van der Waals surface area contributed by atoms with Crippen LogP contribution in [0.4, 0.5) is 0 Å². The SMILES string of the molecule is Cc1cc(C)nc(SCC(=O)N2CCC(CC(=O)O)CC2)n1. The van der Waals surface area contributed by atoms with Crippen LogP contribution in [0.2, 0.25) is 0 Å². The third kappa shape index (κ3) is 4.98. The molecule has 1 aliphatic heterocycles. The molecule has 1 aromatic heterocycles. The van der Waals surface area contributed by atoms with Gasteiger partial charge in [0.25, 0.3) is 0 Å². The van der Waals surface area contributed by atoms with Gasteiger partial charge in [-0.2, -0.15) is 0 Å². The van der Waals surface area contributed by atoms with E-state index < -0.39 is 5.97 Å². The number of thioether (sulfide) groups is 1. The second-order valence-electron chi connectivity index (χ2n) is 5.64. The van der Waals surface area contributed by atoms with Crippen molar-refractivity contribution >= 4 is 23.6 Å². The van der Waals surface area contributed by atoms with Crippen molar-refractivity contribution in [2.75, 3.05) is 18.8 Å². The van der Waals surface area contributed by atoms with Crippen molar-refractivity contribution in [1.29, 1.82) is 0 Å². The number of carbonyl (C=O) groups is 2. The fraction of sp³-hybridized carbons (Fsp3) is 0.600. The second-order valence-corrected chi connectivity index (χ2v) is 6.59. The Balaban J connectivity index is 1.80. The van der Waals surface area contributed by atoms with Crippen LogP contribution in [-0.2, 0) is 9.59 Å². The summed E-state index contributed by atoms with van der Waals surface area (Å²) in [4.78, 5) is 33.3. The summed E-state index contributed by atoms with van der Waals surface area (Å²) < 4.78 is 0.